The number of oxime groups is 1. The third kappa shape index (κ3) is 5.57. The van der Waals surface area contributed by atoms with Crippen LogP contribution in [0.5, 0.6) is 5.75 Å². The van der Waals surface area contributed by atoms with Crippen LogP contribution in [-0.4, -0.2) is 64.1 Å². The van der Waals surface area contributed by atoms with Crippen molar-refractivity contribution in [3.63, 3.8) is 0 Å². The van der Waals surface area contributed by atoms with Crippen LogP contribution < -0.4 is 4.74 Å². The Kier molecular flexibility index (Phi) is 8.41. The molecule has 5 rings (SSSR count). The van der Waals surface area contributed by atoms with Gasteiger partial charge in [-0.05, 0) is 51.8 Å². The fraction of sp³-hybridized carbons (Fsp3) is 0.464. The molecule has 0 bridgehead atoms. The van der Waals surface area contributed by atoms with Crippen LogP contribution in [0.4, 0.5) is 0 Å². The van der Waals surface area contributed by atoms with Gasteiger partial charge in [-0.25, -0.2) is 14.5 Å². The van der Waals surface area contributed by atoms with Crippen LogP contribution in [0, 0.1) is 13.8 Å². The van der Waals surface area contributed by atoms with Crippen molar-refractivity contribution in [3.8, 4) is 5.75 Å². The zero-order valence-electron chi connectivity index (χ0n) is 22.9. The lowest BCUT2D eigenvalue weighted by atomic mass is 9.97. The molecule has 0 aliphatic carbocycles. The maximum absolute atomic E-state index is 13.5. The second-order valence-electron chi connectivity index (χ2n) is 9.89. The third-order valence-electron chi connectivity index (χ3n) is 7.23. The Balaban J connectivity index is 1.23. The van der Waals surface area contributed by atoms with E-state index in [1.54, 1.807) is 30.3 Å². The summed E-state index contributed by atoms with van der Waals surface area (Å²) >= 11 is 8.02. The summed E-state index contributed by atoms with van der Waals surface area (Å²) in [4.78, 5) is 38.7. The average molecular weight is 586 g/mol. The highest BCUT2D eigenvalue weighted by molar-refractivity contribution is 7.10. The number of amides is 1. The maximum atomic E-state index is 13.5. The minimum absolute atomic E-state index is 0.194. The van der Waals surface area contributed by atoms with Crippen LogP contribution in [0.25, 0.3) is 0 Å². The number of nitrogens with zero attached hydrogens (tertiary/aromatic N) is 5. The lowest BCUT2D eigenvalue weighted by Crippen LogP contribution is -2.45. The third-order valence-corrected chi connectivity index (χ3v) is 8.57. The number of methoxy groups -OCH3 is 1. The molecular formula is C28H32ClN5O5S. The van der Waals surface area contributed by atoms with Crippen molar-refractivity contribution < 1.29 is 23.9 Å². The Bertz CT molecular complexity index is 1430. The van der Waals surface area contributed by atoms with E-state index in [2.05, 4.69) is 10.3 Å². The van der Waals surface area contributed by atoms with Gasteiger partial charge in [0.1, 0.15) is 11.5 Å². The number of carbonyl (C=O) groups is 2. The number of hydrogen-bond acceptors (Lipinski definition) is 9. The molecule has 40 heavy (non-hydrogen) atoms. The fourth-order valence-electron chi connectivity index (χ4n) is 5.25. The Morgan fingerprint density at radius 3 is 2.70 bits per heavy atom. The summed E-state index contributed by atoms with van der Waals surface area (Å²) in [5.74, 6) is -0.00345. The van der Waals surface area contributed by atoms with Crippen molar-refractivity contribution in [1.82, 2.24) is 19.7 Å². The number of piperidine rings is 1. The standard InChI is InChI=1S/C28H32ClN5O5S/c1-5-38-28(36)25(34-17(3)13-16(2)31-34)27(35)33-11-9-18(10-12-33)26-30-21(15-40-26)20-14-23(39-32-20)24-19(29)7-6-8-22(24)37-4/h6-8,13,15,18,23,25H,5,9-12,14H2,1-4H3. The molecule has 12 heteroatoms. The van der Waals surface area contributed by atoms with E-state index in [1.807, 2.05) is 43.5 Å². The first kappa shape index (κ1) is 28.1. The molecule has 2 aliphatic rings. The average Bonchev–Trinajstić information content (AvgIpc) is 3.69. The first-order valence-corrected chi connectivity index (χ1v) is 14.6. The Hall–Kier alpha value is -3.44. The molecule has 0 spiro atoms. The molecule has 2 atom stereocenters. The molecule has 2 aliphatic heterocycles. The van der Waals surface area contributed by atoms with Gasteiger partial charge in [-0.2, -0.15) is 5.10 Å². The summed E-state index contributed by atoms with van der Waals surface area (Å²) in [6.45, 7) is 6.63. The van der Waals surface area contributed by atoms with Crippen molar-refractivity contribution >= 4 is 40.5 Å². The molecule has 3 aromatic rings. The molecule has 4 heterocycles. The molecule has 0 radical (unpaired) electrons. The van der Waals surface area contributed by atoms with Crippen molar-refractivity contribution in [2.75, 3.05) is 26.8 Å². The molecule has 1 amide bonds. The van der Waals surface area contributed by atoms with Gasteiger partial charge >= 0.3 is 5.97 Å². The number of halogens is 1. The number of rotatable bonds is 8. The fourth-order valence-corrected chi connectivity index (χ4v) is 6.54. The number of ether oxygens (including phenoxy) is 2. The van der Waals surface area contributed by atoms with Crippen molar-refractivity contribution in [2.45, 2.75) is 58.1 Å². The molecule has 10 nitrogen and oxygen atoms in total. The number of hydrogen-bond donors (Lipinski definition) is 0. The van der Waals surface area contributed by atoms with E-state index in [-0.39, 0.29) is 24.5 Å². The van der Waals surface area contributed by atoms with Crippen LogP contribution in [0.2, 0.25) is 5.02 Å². The first-order valence-electron chi connectivity index (χ1n) is 13.3. The van der Waals surface area contributed by atoms with Crippen molar-refractivity contribution in [2.24, 2.45) is 5.16 Å². The van der Waals surface area contributed by atoms with Crippen LogP contribution >= 0.6 is 22.9 Å². The Labute approximate surface area is 241 Å². The number of carbonyl (C=O) groups excluding carboxylic acids is 2. The normalized spacial score (nSPS) is 18.3. The first-order chi connectivity index (χ1) is 19.3. The predicted molar refractivity (Wildman–Crippen MR) is 151 cm³/mol. The van der Waals surface area contributed by atoms with E-state index in [4.69, 9.17) is 30.9 Å². The number of thiazole rings is 1. The van der Waals surface area contributed by atoms with Gasteiger partial charge in [0.05, 0.1) is 40.7 Å². The van der Waals surface area contributed by atoms with Crippen LogP contribution in [0.1, 0.15) is 71.9 Å². The zero-order valence-corrected chi connectivity index (χ0v) is 24.5. The van der Waals surface area contributed by atoms with Crippen LogP contribution in [0.3, 0.4) is 0 Å². The number of likely N-dealkylation sites (tertiary alicyclic amines) is 1. The second kappa shape index (κ2) is 12.0. The summed E-state index contributed by atoms with van der Waals surface area (Å²) in [6.07, 6.45) is 1.69. The van der Waals surface area contributed by atoms with Gasteiger partial charge in [0.15, 0.2) is 6.10 Å². The molecule has 212 valence electrons. The van der Waals surface area contributed by atoms with Gasteiger partial charge < -0.3 is 19.2 Å². The Morgan fingerprint density at radius 1 is 1.25 bits per heavy atom. The molecule has 0 saturated carbocycles. The Morgan fingerprint density at radius 2 is 2.02 bits per heavy atom. The van der Waals surface area contributed by atoms with Crippen LogP contribution in [-0.2, 0) is 19.2 Å². The van der Waals surface area contributed by atoms with E-state index in [0.29, 0.717) is 30.3 Å². The lowest BCUT2D eigenvalue weighted by Gasteiger charge is -2.33. The van der Waals surface area contributed by atoms with Crippen LogP contribution in [0.15, 0.2) is 34.8 Å². The summed E-state index contributed by atoms with van der Waals surface area (Å²) in [5.41, 5.74) is 3.82. The minimum Gasteiger partial charge on any atom is -0.496 e. The zero-order chi connectivity index (χ0) is 28.4. The van der Waals surface area contributed by atoms with E-state index < -0.39 is 12.0 Å². The molecule has 1 fully saturated rings. The molecule has 2 aromatic heterocycles. The lowest BCUT2D eigenvalue weighted by molar-refractivity contribution is -0.155. The maximum Gasteiger partial charge on any atom is 0.340 e. The largest absolute Gasteiger partial charge is 0.496 e. The molecule has 0 N–H and O–H groups in total. The van der Waals surface area contributed by atoms with E-state index in [1.165, 1.54) is 4.68 Å². The number of esters is 1. The highest BCUT2D eigenvalue weighted by Crippen LogP contribution is 2.40. The van der Waals surface area contributed by atoms with Gasteiger partial charge in [0, 0.05) is 36.5 Å². The topological polar surface area (TPSA) is 108 Å². The molecule has 1 saturated heterocycles. The molecule has 1 aromatic carbocycles. The molecule has 2 unspecified atom stereocenters. The summed E-state index contributed by atoms with van der Waals surface area (Å²) in [6, 6.07) is 6.22. The monoisotopic (exact) mass is 585 g/mol. The van der Waals surface area contributed by atoms with E-state index in [0.717, 1.165) is 46.2 Å². The summed E-state index contributed by atoms with van der Waals surface area (Å²) < 4.78 is 12.2. The number of aromatic nitrogens is 3. The smallest absolute Gasteiger partial charge is 0.340 e. The van der Waals surface area contributed by atoms with E-state index in [9.17, 15) is 9.59 Å². The van der Waals surface area contributed by atoms with Gasteiger partial charge in [-0.1, -0.05) is 22.8 Å². The van der Waals surface area contributed by atoms with Gasteiger partial charge in [0.25, 0.3) is 5.91 Å². The van der Waals surface area contributed by atoms with Gasteiger partial charge in [-0.15, -0.1) is 11.3 Å². The molecular weight excluding hydrogens is 554 g/mol. The summed E-state index contributed by atoms with van der Waals surface area (Å²) in [7, 11) is 1.60. The van der Waals surface area contributed by atoms with E-state index >= 15 is 0 Å². The second-order valence-corrected chi connectivity index (χ2v) is 11.2. The highest BCUT2D eigenvalue weighted by atomic mass is 35.5. The summed E-state index contributed by atoms with van der Waals surface area (Å²) in [5, 5.41) is 12.3. The highest BCUT2D eigenvalue weighted by Gasteiger charge is 2.38. The van der Waals surface area contributed by atoms with Crippen molar-refractivity contribution in [1.29, 1.82) is 0 Å². The van der Waals surface area contributed by atoms with Gasteiger partial charge in [0.2, 0.25) is 6.04 Å². The minimum atomic E-state index is -1.12. The quantitative estimate of drug-likeness (QED) is 0.270. The SMILES string of the molecule is CCOC(=O)C(C(=O)N1CCC(c2nc(C3=NOC(c4c(Cl)cccc4OC)C3)cs2)CC1)n1nc(C)cc1C. The number of benzene rings is 1. The number of aryl methyl sites for hydroxylation is 2. The predicted octanol–water partition coefficient (Wildman–Crippen LogP) is 4.99. The van der Waals surface area contributed by atoms with Gasteiger partial charge in [-0.3, -0.25) is 4.79 Å². The van der Waals surface area contributed by atoms with Crippen molar-refractivity contribution in [3.05, 3.63) is 62.3 Å².